The first kappa shape index (κ1) is 13.8. The molecule has 0 unspecified atom stereocenters. The molecule has 0 radical (unpaired) electrons. The average Bonchev–Trinajstić information content (AvgIpc) is 2.59. The summed E-state index contributed by atoms with van der Waals surface area (Å²) in [4.78, 5) is 11.6. The van der Waals surface area contributed by atoms with E-state index in [1.807, 2.05) is 0 Å². The lowest BCUT2D eigenvalue weighted by molar-refractivity contribution is 0.0949. The number of hydrogen-bond donors (Lipinski definition) is 2. The zero-order chi connectivity index (χ0) is 13.3. The molecule has 0 saturated carbocycles. The number of nitrogen functional groups attached to an aromatic ring is 1. The Hall–Kier alpha value is -1.22. The van der Waals surface area contributed by atoms with Gasteiger partial charge in [-0.15, -0.1) is 10.2 Å². The third kappa shape index (κ3) is 3.37. The summed E-state index contributed by atoms with van der Waals surface area (Å²) >= 11 is 0.948. The van der Waals surface area contributed by atoms with Crippen molar-refractivity contribution < 1.29 is 13.2 Å². The van der Waals surface area contributed by atoms with Gasteiger partial charge < -0.3 is 11.1 Å². The molecule has 0 fully saturated rings. The molecule has 0 saturated heterocycles. The Kier molecular flexibility index (Phi) is 3.72. The number of nitrogens with two attached hydrogens (primary N) is 1. The Morgan fingerprint density at radius 3 is 2.47 bits per heavy atom. The van der Waals surface area contributed by atoms with E-state index in [4.69, 9.17) is 5.73 Å². The normalized spacial score (nSPS) is 12.4. The maximum absolute atomic E-state index is 11.6. The van der Waals surface area contributed by atoms with Gasteiger partial charge in [-0.2, -0.15) is 0 Å². The number of carbonyl (C=O) groups excluding carboxylic acids is 1. The van der Waals surface area contributed by atoms with E-state index >= 15 is 0 Å². The number of nitrogens with zero attached hydrogens (tertiary/aromatic N) is 2. The van der Waals surface area contributed by atoms with Gasteiger partial charge in [-0.25, -0.2) is 8.42 Å². The van der Waals surface area contributed by atoms with Gasteiger partial charge in [0.25, 0.3) is 5.91 Å². The molecule has 9 heteroatoms. The highest BCUT2D eigenvalue weighted by Gasteiger charge is 2.30. The fourth-order valence-electron chi connectivity index (χ4n) is 0.826. The lowest BCUT2D eigenvalue weighted by Gasteiger charge is -2.22. The molecule has 0 spiro atoms. The fraction of sp³-hybridized carbons (Fsp3) is 0.625. The van der Waals surface area contributed by atoms with E-state index in [1.54, 1.807) is 0 Å². The topological polar surface area (TPSA) is 115 Å². The van der Waals surface area contributed by atoms with Crippen LogP contribution in [0.5, 0.6) is 0 Å². The minimum Gasteiger partial charge on any atom is -0.374 e. The van der Waals surface area contributed by atoms with E-state index in [9.17, 15) is 13.2 Å². The molecule has 1 aromatic rings. The molecule has 0 aliphatic heterocycles. The van der Waals surface area contributed by atoms with Crippen molar-refractivity contribution in [1.82, 2.24) is 15.5 Å². The number of nitrogens with one attached hydrogen (secondary N) is 1. The van der Waals surface area contributed by atoms with Crippen molar-refractivity contribution >= 4 is 32.2 Å². The second-order valence-electron chi connectivity index (χ2n) is 4.16. The van der Waals surface area contributed by atoms with E-state index in [0.29, 0.717) is 0 Å². The number of hydrogen-bond acceptors (Lipinski definition) is 7. The summed E-state index contributed by atoms with van der Waals surface area (Å²) in [6.45, 7) is 3.08. The van der Waals surface area contributed by atoms with E-state index in [1.165, 1.54) is 13.8 Å². The minimum absolute atomic E-state index is 0.00412. The molecule has 0 aliphatic rings. The third-order valence-electron chi connectivity index (χ3n) is 2.31. The summed E-state index contributed by atoms with van der Waals surface area (Å²) in [6, 6.07) is 0. The van der Waals surface area contributed by atoms with Crippen LogP contribution in [0.15, 0.2) is 0 Å². The van der Waals surface area contributed by atoms with Crippen molar-refractivity contribution in [2.24, 2.45) is 0 Å². The van der Waals surface area contributed by atoms with Crippen LogP contribution in [-0.4, -0.2) is 42.1 Å². The summed E-state index contributed by atoms with van der Waals surface area (Å²) < 4.78 is 21.8. The van der Waals surface area contributed by atoms with Crippen molar-refractivity contribution in [3.05, 3.63) is 5.01 Å². The van der Waals surface area contributed by atoms with Crippen molar-refractivity contribution in [1.29, 1.82) is 0 Å². The first-order valence-electron chi connectivity index (χ1n) is 4.70. The van der Waals surface area contributed by atoms with Gasteiger partial charge >= 0.3 is 0 Å². The SMILES string of the molecule is CC(C)(CNC(=O)c1nnc(N)s1)S(C)(=O)=O. The quantitative estimate of drug-likeness (QED) is 0.779. The Labute approximate surface area is 103 Å². The minimum atomic E-state index is -3.25. The van der Waals surface area contributed by atoms with Crippen molar-refractivity contribution in [2.45, 2.75) is 18.6 Å². The average molecular weight is 278 g/mol. The molecule has 1 rings (SSSR count). The maximum atomic E-state index is 11.6. The van der Waals surface area contributed by atoms with Gasteiger partial charge in [0, 0.05) is 12.8 Å². The van der Waals surface area contributed by atoms with Crippen LogP contribution in [0.2, 0.25) is 0 Å². The van der Waals surface area contributed by atoms with Gasteiger partial charge in [0.05, 0.1) is 4.75 Å². The summed E-state index contributed by atoms with van der Waals surface area (Å²) in [5, 5.41) is 9.86. The van der Waals surface area contributed by atoms with E-state index in [2.05, 4.69) is 15.5 Å². The van der Waals surface area contributed by atoms with Gasteiger partial charge in [0.1, 0.15) is 0 Å². The number of carbonyl (C=O) groups is 1. The number of anilines is 1. The van der Waals surface area contributed by atoms with Crippen LogP contribution in [0.4, 0.5) is 5.13 Å². The van der Waals surface area contributed by atoms with E-state index in [-0.39, 0.29) is 16.7 Å². The highest BCUT2D eigenvalue weighted by molar-refractivity contribution is 7.92. The fourth-order valence-corrected chi connectivity index (χ4v) is 1.69. The van der Waals surface area contributed by atoms with Gasteiger partial charge in [0.2, 0.25) is 10.1 Å². The van der Waals surface area contributed by atoms with Crippen LogP contribution in [0.1, 0.15) is 23.6 Å². The molecule has 0 aromatic carbocycles. The van der Waals surface area contributed by atoms with Crippen molar-refractivity contribution in [3.8, 4) is 0 Å². The zero-order valence-electron chi connectivity index (χ0n) is 9.72. The van der Waals surface area contributed by atoms with Gasteiger partial charge in [0.15, 0.2) is 9.84 Å². The van der Waals surface area contributed by atoms with Crippen LogP contribution < -0.4 is 11.1 Å². The van der Waals surface area contributed by atoms with E-state index < -0.39 is 20.5 Å². The summed E-state index contributed by atoms with van der Waals surface area (Å²) in [5.41, 5.74) is 5.34. The zero-order valence-corrected chi connectivity index (χ0v) is 11.4. The molecular weight excluding hydrogens is 264 g/mol. The number of amides is 1. The third-order valence-corrected chi connectivity index (χ3v) is 5.22. The highest BCUT2D eigenvalue weighted by atomic mass is 32.2. The Morgan fingerprint density at radius 1 is 1.47 bits per heavy atom. The van der Waals surface area contributed by atoms with Crippen LogP contribution in [0, 0.1) is 0 Å². The first-order chi connectivity index (χ1) is 7.63. The predicted molar refractivity (Wildman–Crippen MR) is 65.6 cm³/mol. The molecule has 96 valence electrons. The Bertz CT molecular complexity index is 521. The molecule has 0 atom stereocenters. The van der Waals surface area contributed by atoms with Crippen molar-refractivity contribution in [2.75, 3.05) is 18.5 Å². The lowest BCUT2D eigenvalue weighted by Crippen LogP contribution is -2.43. The lowest BCUT2D eigenvalue weighted by atomic mass is 10.2. The monoisotopic (exact) mass is 278 g/mol. The number of aromatic nitrogens is 2. The van der Waals surface area contributed by atoms with E-state index in [0.717, 1.165) is 17.6 Å². The van der Waals surface area contributed by atoms with Gasteiger partial charge in [-0.3, -0.25) is 4.79 Å². The molecule has 1 aromatic heterocycles. The second-order valence-corrected chi connectivity index (χ2v) is 7.82. The van der Waals surface area contributed by atoms with Crippen LogP contribution in [0.3, 0.4) is 0 Å². The predicted octanol–water partition coefficient (Wildman–Crippen LogP) is -0.327. The van der Waals surface area contributed by atoms with Crippen LogP contribution in [-0.2, 0) is 9.84 Å². The second kappa shape index (κ2) is 4.57. The van der Waals surface area contributed by atoms with Gasteiger partial charge in [-0.05, 0) is 13.8 Å². The number of rotatable bonds is 4. The largest absolute Gasteiger partial charge is 0.374 e. The molecule has 1 amide bonds. The van der Waals surface area contributed by atoms with Crippen molar-refractivity contribution in [3.63, 3.8) is 0 Å². The van der Waals surface area contributed by atoms with Gasteiger partial charge in [-0.1, -0.05) is 11.3 Å². The molecule has 0 bridgehead atoms. The summed E-state index contributed by atoms with van der Waals surface area (Å²) in [7, 11) is -3.25. The molecule has 0 aliphatic carbocycles. The molecule has 1 heterocycles. The molecule has 17 heavy (non-hydrogen) atoms. The standard InChI is InChI=1S/C8H14N4O3S2/c1-8(2,17(3,14)15)4-10-5(13)6-11-12-7(9)16-6/h4H2,1-3H3,(H2,9,12)(H,10,13). The smallest absolute Gasteiger partial charge is 0.282 e. The Morgan fingerprint density at radius 2 is 2.06 bits per heavy atom. The molecule has 7 nitrogen and oxygen atoms in total. The molecular formula is C8H14N4O3S2. The summed E-state index contributed by atoms with van der Waals surface area (Å²) in [5.74, 6) is -0.476. The molecule has 3 N–H and O–H groups in total. The number of sulfone groups is 1. The first-order valence-corrected chi connectivity index (χ1v) is 7.41. The van der Waals surface area contributed by atoms with Crippen LogP contribution >= 0.6 is 11.3 Å². The highest BCUT2D eigenvalue weighted by Crippen LogP contribution is 2.15. The van der Waals surface area contributed by atoms with Crippen LogP contribution in [0.25, 0.3) is 0 Å². The summed E-state index contributed by atoms with van der Waals surface area (Å²) in [6.07, 6.45) is 1.13. The maximum Gasteiger partial charge on any atom is 0.282 e. The Balaban J connectivity index is 2.67.